The molecule has 0 saturated heterocycles. The van der Waals surface area contributed by atoms with Gasteiger partial charge in [-0.05, 0) is 38.5 Å². The summed E-state index contributed by atoms with van der Waals surface area (Å²) >= 11 is 0. The predicted octanol–water partition coefficient (Wildman–Crippen LogP) is 3.42. The minimum atomic E-state index is -0.560. The highest BCUT2D eigenvalue weighted by molar-refractivity contribution is 5.86. The van der Waals surface area contributed by atoms with Crippen LogP contribution in [0.5, 0.6) is 0 Å². The van der Waals surface area contributed by atoms with Crippen LogP contribution in [0.2, 0.25) is 0 Å². The lowest BCUT2D eigenvalue weighted by Gasteiger charge is -2.28. The second kappa shape index (κ2) is 16.5. The number of unbranched alkanes of at least 4 members (excludes halogenated alkanes) is 1. The first-order valence-electron chi connectivity index (χ1n) is 12.0. The minimum absolute atomic E-state index is 0.0136. The zero-order valence-electron chi connectivity index (χ0n) is 19.7. The highest BCUT2D eigenvalue weighted by Crippen LogP contribution is 2.27. The van der Waals surface area contributed by atoms with E-state index in [2.05, 4.69) is 23.8 Å². The Balaban J connectivity index is 2.71. The molecule has 0 radical (unpaired) electrons. The van der Waals surface area contributed by atoms with Crippen LogP contribution in [0.1, 0.15) is 77.6 Å². The van der Waals surface area contributed by atoms with Gasteiger partial charge in [0.15, 0.2) is 0 Å². The number of carbonyl (C=O) groups is 3. The van der Waals surface area contributed by atoms with Crippen molar-refractivity contribution in [2.75, 3.05) is 13.2 Å². The lowest BCUT2D eigenvalue weighted by molar-refractivity contribution is -0.145. The molecule has 3 atom stereocenters. The van der Waals surface area contributed by atoms with Gasteiger partial charge in [-0.2, -0.15) is 0 Å². The van der Waals surface area contributed by atoms with Crippen LogP contribution in [0.15, 0.2) is 25.3 Å². The number of amides is 2. The van der Waals surface area contributed by atoms with E-state index in [4.69, 9.17) is 9.84 Å². The number of carbonyl (C=O) groups excluding carboxylic acids is 3. The van der Waals surface area contributed by atoms with Crippen LogP contribution in [-0.2, 0) is 19.1 Å². The van der Waals surface area contributed by atoms with Gasteiger partial charge >= 0.3 is 5.97 Å². The second-order valence-corrected chi connectivity index (χ2v) is 8.89. The summed E-state index contributed by atoms with van der Waals surface area (Å²) in [4.78, 5) is 37.3. The fraction of sp³-hybridized carbons (Fsp3) is 0.720. The Kier molecular flexibility index (Phi) is 14.4. The topological polar surface area (TPSA) is 105 Å². The molecule has 3 unspecified atom stereocenters. The summed E-state index contributed by atoms with van der Waals surface area (Å²) in [6.07, 6.45) is 12.2. The molecule has 0 bridgehead atoms. The van der Waals surface area contributed by atoms with Gasteiger partial charge in [0.25, 0.3) is 0 Å². The van der Waals surface area contributed by atoms with E-state index in [1.807, 2.05) is 0 Å². The van der Waals surface area contributed by atoms with E-state index in [0.29, 0.717) is 25.2 Å². The molecule has 0 heterocycles. The summed E-state index contributed by atoms with van der Waals surface area (Å²) in [6.45, 7) is 9.04. The molecule has 1 aliphatic rings. The van der Waals surface area contributed by atoms with Gasteiger partial charge in [-0.25, -0.2) is 0 Å². The molecule has 2 amide bonds. The maximum Gasteiger partial charge on any atom is 0.305 e. The van der Waals surface area contributed by atoms with Crippen molar-refractivity contribution >= 4 is 17.8 Å². The lowest BCUT2D eigenvalue weighted by Crippen LogP contribution is -2.45. The number of aliphatic hydroxyl groups excluding tert-OH is 1. The average Bonchev–Trinajstić information content (AvgIpc) is 2.77. The first-order valence-corrected chi connectivity index (χ1v) is 12.0. The third-order valence-electron chi connectivity index (χ3n) is 5.86. The third kappa shape index (κ3) is 12.0. The zero-order valence-corrected chi connectivity index (χ0v) is 19.7. The SMILES string of the molecule is C=CCCCC(=O)OCC(CC1CCCCC1)NC(=O)C(CC=C)CC(=O)NC(C)CO. The Bertz CT molecular complexity index is 601. The molecule has 1 saturated carbocycles. The molecule has 32 heavy (non-hydrogen) atoms. The monoisotopic (exact) mass is 450 g/mol. The molecule has 0 aromatic heterocycles. The van der Waals surface area contributed by atoms with Crippen molar-refractivity contribution in [1.82, 2.24) is 10.6 Å². The summed E-state index contributed by atoms with van der Waals surface area (Å²) in [5, 5.41) is 14.8. The van der Waals surface area contributed by atoms with Gasteiger partial charge in [0.1, 0.15) is 6.61 Å². The number of rotatable bonds is 16. The van der Waals surface area contributed by atoms with Crippen molar-refractivity contribution in [1.29, 1.82) is 0 Å². The molecule has 0 spiro atoms. The van der Waals surface area contributed by atoms with E-state index in [9.17, 15) is 14.4 Å². The fourth-order valence-corrected chi connectivity index (χ4v) is 4.06. The smallest absolute Gasteiger partial charge is 0.305 e. The van der Waals surface area contributed by atoms with E-state index < -0.39 is 5.92 Å². The van der Waals surface area contributed by atoms with Crippen LogP contribution in [0.4, 0.5) is 0 Å². The molecule has 0 aliphatic heterocycles. The molecule has 0 aromatic rings. The maximum absolute atomic E-state index is 13.0. The normalized spacial score (nSPS) is 16.9. The van der Waals surface area contributed by atoms with Crippen LogP contribution in [0.25, 0.3) is 0 Å². The summed E-state index contributed by atoms with van der Waals surface area (Å²) < 4.78 is 5.47. The van der Waals surface area contributed by atoms with Crippen LogP contribution < -0.4 is 10.6 Å². The summed E-state index contributed by atoms with van der Waals surface area (Å²) in [5.41, 5.74) is 0. The zero-order chi connectivity index (χ0) is 23.8. The predicted molar refractivity (Wildman–Crippen MR) is 126 cm³/mol. The number of nitrogens with one attached hydrogen (secondary N) is 2. The Hall–Kier alpha value is -2.15. The molecule has 3 N–H and O–H groups in total. The van der Waals surface area contributed by atoms with Crippen molar-refractivity contribution in [2.24, 2.45) is 11.8 Å². The number of esters is 1. The summed E-state index contributed by atoms with van der Waals surface area (Å²) in [6, 6.07) is -0.643. The van der Waals surface area contributed by atoms with Gasteiger partial charge in [0, 0.05) is 18.9 Å². The highest BCUT2D eigenvalue weighted by atomic mass is 16.5. The van der Waals surface area contributed by atoms with Crippen LogP contribution in [-0.4, -0.2) is 48.2 Å². The van der Waals surface area contributed by atoms with E-state index >= 15 is 0 Å². The number of allylic oxidation sites excluding steroid dienone is 2. The Morgan fingerprint density at radius 3 is 2.47 bits per heavy atom. The first-order chi connectivity index (χ1) is 15.4. The minimum Gasteiger partial charge on any atom is -0.463 e. The standard InChI is InChI=1S/C25H42N2O5/c1-4-6-8-14-24(30)32-18-22(15-20-12-9-7-10-13-20)27-25(31)21(11-5-2)16-23(29)26-19(3)17-28/h4-5,19-22,28H,1-2,6-18H2,3H3,(H,26,29)(H,27,31). The van der Waals surface area contributed by atoms with Crippen LogP contribution in [0.3, 0.4) is 0 Å². The Morgan fingerprint density at radius 1 is 1.12 bits per heavy atom. The largest absolute Gasteiger partial charge is 0.463 e. The molecule has 0 aromatic carbocycles. The van der Waals surface area contributed by atoms with Crippen LogP contribution in [0, 0.1) is 11.8 Å². The average molecular weight is 451 g/mol. The summed E-state index contributed by atoms with van der Waals surface area (Å²) in [5.74, 6) is -0.850. The third-order valence-corrected chi connectivity index (χ3v) is 5.86. The molecular formula is C25H42N2O5. The molecular weight excluding hydrogens is 408 g/mol. The van der Waals surface area contributed by atoms with E-state index in [-0.39, 0.29) is 49.5 Å². The number of hydrogen-bond acceptors (Lipinski definition) is 5. The number of aliphatic hydroxyl groups is 1. The quantitative estimate of drug-likeness (QED) is 0.190. The van der Waals surface area contributed by atoms with Gasteiger partial charge < -0.3 is 20.5 Å². The fourth-order valence-electron chi connectivity index (χ4n) is 4.06. The van der Waals surface area contributed by atoms with Crippen molar-refractivity contribution in [3.63, 3.8) is 0 Å². The van der Waals surface area contributed by atoms with Gasteiger partial charge in [-0.1, -0.05) is 44.3 Å². The highest BCUT2D eigenvalue weighted by Gasteiger charge is 2.26. The van der Waals surface area contributed by atoms with Crippen LogP contribution >= 0.6 is 0 Å². The van der Waals surface area contributed by atoms with Gasteiger partial charge in [0.2, 0.25) is 11.8 Å². The molecule has 1 fully saturated rings. The molecule has 7 nitrogen and oxygen atoms in total. The maximum atomic E-state index is 13.0. The van der Waals surface area contributed by atoms with E-state index in [0.717, 1.165) is 25.7 Å². The molecule has 182 valence electrons. The number of hydrogen-bond donors (Lipinski definition) is 3. The van der Waals surface area contributed by atoms with E-state index in [1.54, 1.807) is 19.1 Å². The van der Waals surface area contributed by atoms with Crippen molar-refractivity contribution in [3.05, 3.63) is 25.3 Å². The summed E-state index contributed by atoms with van der Waals surface area (Å²) in [7, 11) is 0. The van der Waals surface area contributed by atoms with E-state index in [1.165, 1.54) is 19.3 Å². The Morgan fingerprint density at radius 2 is 1.84 bits per heavy atom. The molecule has 1 aliphatic carbocycles. The number of ether oxygens (including phenoxy) is 1. The lowest BCUT2D eigenvalue weighted by atomic mass is 9.84. The second-order valence-electron chi connectivity index (χ2n) is 8.89. The van der Waals surface area contributed by atoms with Crippen molar-refractivity contribution in [2.45, 2.75) is 89.6 Å². The van der Waals surface area contributed by atoms with Gasteiger partial charge in [0.05, 0.1) is 18.6 Å². The molecule has 7 heteroatoms. The Labute approximate surface area is 193 Å². The van der Waals surface area contributed by atoms with Gasteiger partial charge in [-0.3, -0.25) is 14.4 Å². The van der Waals surface area contributed by atoms with Gasteiger partial charge in [-0.15, -0.1) is 13.2 Å². The first kappa shape index (κ1) is 27.9. The van der Waals surface area contributed by atoms with Crippen molar-refractivity contribution < 1.29 is 24.2 Å². The van der Waals surface area contributed by atoms with Crippen molar-refractivity contribution in [3.8, 4) is 0 Å². The molecule has 1 rings (SSSR count).